The van der Waals surface area contributed by atoms with Crippen LogP contribution in [0.25, 0.3) is 0 Å². The molecule has 0 aromatic carbocycles. The molecule has 1 N–H and O–H groups in total. The summed E-state index contributed by atoms with van der Waals surface area (Å²) < 4.78 is 13.6. The van der Waals surface area contributed by atoms with E-state index in [-0.39, 0.29) is 6.10 Å². The third-order valence-electron chi connectivity index (χ3n) is 5.06. The van der Waals surface area contributed by atoms with Gasteiger partial charge in [-0.2, -0.15) is 5.10 Å². The Bertz CT molecular complexity index is 667. The Kier molecular flexibility index (Phi) is 5.40. The van der Waals surface area contributed by atoms with Gasteiger partial charge in [0.05, 0.1) is 12.3 Å². The first-order chi connectivity index (χ1) is 12.4. The van der Waals surface area contributed by atoms with Crippen LogP contribution >= 0.6 is 0 Å². The zero-order valence-corrected chi connectivity index (χ0v) is 14.6. The van der Waals surface area contributed by atoms with Crippen molar-refractivity contribution in [2.75, 3.05) is 26.4 Å². The fourth-order valence-corrected chi connectivity index (χ4v) is 3.62. The number of rotatable bonds is 6. The second-order valence-corrected chi connectivity index (χ2v) is 6.91. The van der Waals surface area contributed by atoms with Crippen molar-refractivity contribution >= 4 is 0 Å². The Labute approximate surface area is 148 Å². The highest BCUT2D eigenvalue weighted by Crippen LogP contribution is 2.26. The summed E-state index contributed by atoms with van der Waals surface area (Å²) in [6.07, 6.45) is 9.15. The average Bonchev–Trinajstić information content (AvgIpc) is 3.07. The third kappa shape index (κ3) is 4.26. The van der Waals surface area contributed by atoms with Gasteiger partial charge in [0.25, 0.3) is 0 Å². The molecule has 6 heteroatoms. The van der Waals surface area contributed by atoms with Crippen molar-refractivity contribution < 1.29 is 9.47 Å². The molecular formula is C19H26N4O2. The molecule has 0 bridgehead atoms. The second kappa shape index (κ2) is 8.08. The molecule has 1 atom stereocenters. The number of hydrogen-bond acceptors (Lipinski definition) is 5. The van der Waals surface area contributed by atoms with Crippen molar-refractivity contribution in [1.29, 1.82) is 0 Å². The minimum atomic E-state index is 0.0431. The Morgan fingerprint density at radius 2 is 2.00 bits per heavy atom. The molecule has 2 aromatic heterocycles. The molecule has 134 valence electrons. The lowest BCUT2D eigenvalue weighted by atomic mass is 10.0. The summed E-state index contributed by atoms with van der Waals surface area (Å²) in [4.78, 5) is 4.05. The van der Waals surface area contributed by atoms with E-state index in [0.717, 1.165) is 64.4 Å². The van der Waals surface area contributed by atoms with Gasteiger partial charge in [0.15, 0.2) is 0 Å². The van der Waals surface area contributed by atoms with E-state index < -0.39 is 0 Å². The van der Waals surface area contributed by atoms with E-state index in [4.69, 9.17) is 14.6 Å². The summed E-state index contributed by atoms with van der Waals surface area (Å²) in [5, 5.41) is 8.34. The van der Waals surface area contributed by atoms with Gasteiger partial charge in [-0.3, -0.25) is 9.67 Å². The SMILES string of the molecule is c1cc(CNC[C@@H]2OCCc3cn(CC4CCOCC4)nc32)ccn1. The lowest BCUT2D eigenvalue weighted by Crippen LogP contribution is -2.27. The molecule has 4 heterocycles. The molecule has 0 saturated carbocycles. The van der Waals surface area contributed by atoms with Gasteiger partial charge in [0, 0.05) is 51.4 Å². The van der Waals surface area contributed by atoms with E-state index in [9.17, 15) is 0 Å². The number of ether oxygens (including phenoxy) is 2. The predicted molar refractivity (Wildman–Crippen MR) is 94.1 cm³/mol. The van der Waals surface area contributed by atoms with Gasteiger partial charge in [-0.1, -0.05) is 0 Å². The lowest BCUT2D eigenvalue weighted by molar-refractivity contribution is 0.0388. The number of nitrogens with one attached hydrogen (secondary N) is 1. The minimum Gasteiger partial charge on any atom is -0.381 e. The van der Waals surface area contributed by atoms with Crippen molar-refractivity contribution in [3.63, 3.8) is 0 Å². The van der Waals surface area contributed by atoms with E-state index in [1.165, 1.54) is 11.1 Å². The number of fused-ring (bicyclic) bond motifs is 1. The first-order valence-electron chi connectivity index (χ1n) is 9.23. The van der Waals surface area contributed by atoms with Crippen LogP contribution in [0.3, 0.4) is 0 Å². The maximum absolute atomic E-state index is 5.98. The molecule has 2 aliphatic heterocycles. The Morgan fingerprint density at radius 1 is 1.16 bits per heavy atom. The van der Waals surface area contributed by atoms with Crippen LogP contribution < -0.4 is 5.32 Å². The summed E-state index contributed by atoms with van der Waals surface area (Å²) >= 11 is 0. The van der Waals surface area contributed by atoms with Crippen LogP contribution in [-0.2, 0) is 29.0 Å². The first kappa shape index (κ1) is 16.7. The summed E-state index contributed by atoms with van der Waals surface area (Å²) in [5.74, 6) is 0.680. The maximum atomic E-state index is 5.98. The van der Waals surface area contributed by atoms with Crippen molar-refractivity contribution in [1.82, 2.24) is 20.1 Å². The lowest BCUT2D eigenvalue weighted by Gasteiger charge is -2.22. The van der Waals surface area contributed by atoms with E-state index in [1.807, 2.05) is 24.5 Å². The molecular weight excluding hydrogens is 316 g/mol. The van der Waals surface area contributed by atoms with Gasteiger partial charge >= 0.3 is 0 Å². The molecule has 1 saturated heterocycles. The predicted octanol–water partition coefficient (Wildman–Crippen LogP) is 2.11. The molecule has 2 aliphatic rings. The highest BCUT2D eigenvalue weighted by Gasteiger charge is 2.25. The van der Waals surface area contributed by atoms with Crippen molar-refractivity contribution in [3.8, 4) is 0 Å². The van der Waals surface area contributed by atoms with Gasteiger partial charge in [-0.15, -0.1) is 0 Å². The molecule has 0 unspecified atom stereocenters. The zero-order valence-electron chi connectivity index (χ0n) is 14.6. The topological polar surface area (TPSA) is 61.2 Å². The van der Waals surface area contributed by atoms with E-state index in [1.54, 1.807) is 0 Å². The van der Waals surface area contributed by atoms with Gasteiger partial charge in [-0.25, -0.2) is 0 Å². The van der Waals surface area contributed by atoms with E-state index in [0.29, 0.717) is 5.92 Å². The van der Waals surface area contributed by atoms with Crippen LogP contribution in [0.4, 0.5) is 0 Å². The van der Waals surface area contributed by atoms with Crippen LogP contribution in [0.2, 0.25) is 0 Å². The van der Waals surface area contributed by atoms with Crippen LogP contribution in [0.1, 0.15) is 35.8 Å². The number of hydrogen-bond donors (Lipinski definition) is 1. The Balaban J connectivity index is 1.35. The number of nitrogens with zero attached hydrogens (tertiary/aromatic N) is 3. The monoisotopic (exact) mass is 342 g/mol. The Hall–Kier alpha value is -1.76. The van der Waals surface area contributed by atoms with Crippen molar-refractivity contribution in [2.45, 2.75) is 38.5 Å². The summed E-state index contributed by atoms with van der Waals surface area (Å²) in [5.41, 5.74) is 3.69. The molecule has 1 fully saturated rings. The molecule has 25 heavy (non-hydrogen) atoms. The maximum Gasteiger partial charge on any atom is 0.114 e. The van der Waals surface area contributed by atoms with Gasteiger partial charge < -0.3 is 14.8 Å². The molecule has 2 aromatic rings. The van der Waals surface area contributed by atoms with Crippen LogP contribution in [0.15, 0.2) is 30.7 Å². The largest absolute Gasteiger partial charge is 0.381 e. The smallest absolute Gasteiger partial charge is 0.114 e. The standard InChI is InChI=1S/C19H26N4O2/c1-6-20-7-2-15(1)11-21-12-18-19-17(5-10-25-18)14-23(22-19)13-16-3-8-24-9-4-16/h1-2,6-7,14,16,18,21H,3-5,8-13H2/t18-/m0/s1. The normalized spacial score (nSPS) is 21.2. The molecule has 0 aliphatic carbocycles. The highest BCUT2D eigenvalue weighted by atomic mass is 16.5. The first-order valence-corrected chi connectivity index (χ1v) is 9.23. The molecule has 0 radical (unpaired) electrons. The molecule has 0 spiro atoms. The fraction of sp³-hybridized carbons (Fsp3) is 0.579. The van der Waals surface area contributed by atoms with E-state index >= 15 is 0 Å². The van der Waals surface area contributed by atoms with Crippen LogP contribution in [0.5, 0.6) is 0 Å². The number of pyridine rings is 1. The zero-order chi connectivity index (χ0) is 16.9. The third-order valence-corrected chi connectivity index (χ3v) is 5.06. The quantitative estimate of drug-likeness (QED) is 0.871. The number of aromatic nitrogens is 3. The molecule has 0 amide bonds. The van der Waals surface area contributed by atoms with Crippen molar-refractivity contribution in [3.05, 3.63) is 47.5 Å². The van der Waals surface area contributed by atoms with Crippen LogP contribution in [0, 0.1) is 5.92 Å². The van der Waals surface area contributed by atoms with Gasteiger partial charge in [0.2, 0.25) is 0 Å². The average molecular weight is 342 g/mol. The fourth-order valence-electron chi connectivity index (χ4n) is 3.62. The van der Waals surface area contributed by atoms with Gasteiger partial charge in [-0.05, 0) is 48.4 Å². The molecule has 4 rings (SSSR count). The van der Waals surface area contributed by atoms with Crippen LogP contribution in [-0.4, -0.2) is 41.1 Å². The highest BCUT2D eigenvalue weighted by molar-refractivity contribution is 5.22. The summed E-state index contributed by atoms with van der Waals surface area (Å²) in [6, 6.07) is 4.06. The van der Waals surface area contributed by atoms with Gasteiger partial charge in [0.1, 0.15) is 6.10 Å². The summed E-state index contributed by atoms with van der Waals surface area (Å²) in [6.45, 7) is 5.14. The summed E-state index contributed by atoms with van der Waals surface area (Å²) in [7, 11) is 0. The van der Waals surface area contributed by atoms with E-state index in [2.05, 4.69) is 21.2 Å². The minimum absolute atomic E-state index is 0.0431. The van der Waals surface area contributed by atoms with Crippen molar-refractivity contribution in [2.24, 2.45) is 5.92 Å². The second-order valence-electron chi connectivity index (χ2n) is 6.91. The molecule has 6 nitrogen and oxygen atoms in total. The Morgan fingerprint density at radius 3 is 2.84 bits per heavy atom.